The number of rotatable bonds is 5. The van der Waals surface area contributed by atoms with E-state index in [0.29, 0.717) is 16.9 Å². The highest BCUT2D eigenvalue weighted by Crippen LogP contribution is 2.43. The number of ketones is 1. The van der Waals surface area contributed by atoms with Crippen molar-refractivity contribution in [3.8, 4) is 5.75 Å². The Labute approximate surface area is 201 Å². The second-order valence-corrected chi connectivity index (χ2v) is 8.59. The SMILES string of the molecule is COc1cc(C)c(/C(O)=C2\C(=O)C(=O)N(c3ccc(F)c(F)c3)C2c2ccccn2)cc1C(C)C. The van der Waals surface area contributed by atoms with Gasteiger partial charge in [-0.3, -0.25) is 19.5 Å². The summed E-state index contributed by atoms with van der Waals surface area (Å²) in [6.07, 6.45) is 1.48. The Kier molecular flexibility index (Phi) is 6.39. The van der Waals surface area contributed by atoms with Crippen LogP contribution < -0.4 is 9.64 Å². The molecule has 1 saturated heterocycles. The molecule has 8 heteroatoms. The number of aliphatic hydroxyl groups is 1. The highest BCUT2D eigenvalue weighted by molar-refractivity contribution is 6.51. The van der Waals surface area contributed by atoms with Crippen LogP contribution in [0.3, 0.4) is 0 Å². The van der Waals surface area contributed by atoms with E-state index in [1.54, 1.807) is 44.4 Å². The number of benzene rings is 2. The Hall–Kier alpha value is -4.07. The van der Waals surface area contributed by atoms with Crippen LogP contribution in [-0.4, -0.2) is 28.9 Å². The van der Waals surface area contributed by atoms with Crippen molar-refractivity contribution in [2.45, 2.75) is 32.7 Å². The van der Waals surface area contributed by atoms with Crippen LogP contribution in [0.5, 0.6) is 5.75 Å². The maximum atomic E-state index is 14.1. The molecule has 6 nitrogen and oxygen atoms in total. The van der Waals surface area contributed by atoms with Crippen molar-refractivity contribution in [3.63, 3.8) is 0 Å². The number of amides is 1. The molecule has 1 N–H and O–H groups in total. The number of pyridine rings is 1. The molecule has 0 radical (unpaired) electrons. The molecule has 0 spiro atoms. The van der Waals surface area contributed by atoms with Gasteiger partial charge in [0.15, 0.2) is 11.6 Å². The zero-order chi connectivity index (χ0) is 25.4. The van der Waals surface area contributed by atoms with Gasteiger partial charge >= 0.3 is 0 Å². The molecule has 3 aromatic rings. The number of carbonyl (C=O) groups excluding carboxylic acids is 2. The molecule has 35 heavy (non-hydrogen) atoms. The number of hydrogen-bond acceptors (Lipinski definition) is 5. The Morgan fingerprint density at radius 2 is 1.83 bits per heavy atom. The van der Waals surface area contributed by atoms with Crippen LogP contribution in [-0.2, 0) is 9.59 Å². The van der Waals surface area contributed by atoms with E-state index in [1.165, 1.54) is 12.3 Å². The summed E-state index contributed by atoms with van der Waals surface area (Å²) in [5, 5.41) is 11.4. The van der Waals surface area contributed by atoms with Crippen LogP contribution in [0.2, 0.25) is 0 Å². The summed E-state index contributed by atoms with van der Waals surface area (Å²) < 4.78 is 33.1. The standard InChI is InChI=1S/C27H24F2N2O4/c1-14(2)17-13-18(15(3)11-22(17)35-4)25(32)23-24(21-7-5-6-10-30-21)31(27(34)26(23)33)16-8-9-19(28)20(29)12-16/h5-14,24,32H,1-4H3/b25-23+. The molecule has 0 aliphatic carbocycles. The first-order chi connectivity index (χ1) is 16.6. The summed E-state index contributed by atoms with van der Waals surface area (Å²) in [7, 11) is 1.55. The zero-order valence-electron chi connectivity index (χ0n) is 19.7. The molecule has 1 atom stereocenters. The molecule has 1 fully saturated rings. The van der Waals surface area contributed by atoms with Crippen molar-refractivity contribution in [1.29, 1.82) is 0 Å². The smallest absolute Gasteiger partial charge is 0.300 e. The number of nitrogens with zero attached hydrogens (tertiary/aromatic N) is 2. The summed E-state index contributed by atoms with van der Waals surface area (Å²) in [5.74, 6) is -3.89. The minimum atomic E-state index is -1.17. The molecule has 2 heterocycles. The summed E-state index contributed by atoms with van der Waals surface area (Å²) in [6, 6.07) is 10.2. The molecular weight excluding hydrogens is 454 g/mol. The van der Waals surface area contributed by atoms with Crippen molar-refractivity contribution in [2.75, 3.05) is 12.0 Å². The molecule has 1 unspecified atom stereocenters. The number of aliphatic hydroxyl groups excluding tert-OH is 1. The van der Waals surface area contributed by atoms with Crippen LogP contribution in [0.1, 0.15) is 48.2 Å². The predicted molar refractivity (Wildman–Crippen MR) is 127 cm³/mol. The Balaban J connectivity index is 1.98. The molecule has 180 valence electrons. The molecule has 1 aliphatic heterocycles. The predicted octanol–water partition coefficient (Wildman–Crippen LogP) is 5.43. The second kappa shape index (κ2) is 9.29. The van der Waals surface area contributed by atoms with E-state index < -0.39 is 29.4 Å². The fourth-order valence-corrected chi connectivity index (χ4v) is 4.28. The summed E-state index contributed by atoms with van der Waals surface area (Å²) in [5.41, 5.74) is 1.86. The van der Waals surface area contributed by atoms with E-state index >= 15 is 0 Å². The first-order valence-electron chi connectivity index (χ1n) is 11.0. The number of Topliss-reactive ketones (excluding diaryl/α,β-unsaturated/α-hetero) is 1. The van der Waals surface area contributed by atoms with Gasteiger partial charge in [0.1, 0.15) is 17.6 Å². The summed E-state index contributed by atoms with van der Waals surface area (Å²) >= 11 is 0. The number of methoxy groups -OCH3 is 1. The monoisotopic (exact) mass is 478 g/mol. The molecular formula is C27H24F2N2O4. The topological polar surface area (TPSA) is 79.7 Å². The number of aryl methyl sites for hydroxylation is 1. The first-order valence-corrected chi connectivity index (χ1v) is 11.0. The lowest BCUT2D eigenvalue weighted by molar-refractivity contribution is -0.132. The summed E-state index contributed by atoms with van der Waals surface area (Å²) in [4.78, 5) is 31.7. The number of carbonyl (C=O) groups is 2. The van der Waals surface area contributed by atoms with Gasteiger partial charge in [-0.15, -0.1) is 0 Å². The second-order valence-electron chi connectivity index (χ2n) is 8.59. The van der Waals surface area contributed by atoms with E-state index in [0.717, 1.165) is 22.6 Å². The van der Waals surface area contributed by atoms with Gasteiger partial charge in [-0.25, -0.2) is 8.78 Å². The molecule has 4 rings (SSSR count). The third-order valence-corrected chi connectivity index (χ3v) is 6.05. The van der Waals surface area contributed by atoms with Crippen molar-refractivity contribution in [2.24, 2.45) is 0 Å². The van der Waals surface area contributed by atoms with Gasteiger partial charge in [0.25, 0.3) is 11.7 Å². The Bertz CT molecular complexity index is 1350. The van der Waals surface area contributed by atoms with Crippen molar-refractivity contribution >= 4 is 23.1 Å². The minimum Gasteiger partial charge on any atom is -0.507 e. The average molecular weight is 478 g/mol. The summed E-state index contributed by atoms with van der Waals surface area (Å²) in [6.45, 7) is 5.68. The minimum absolute atomic E-state index is 0.0324. The lowest BCUT2D eigenvalue weighted by Crippen LogP contribution is -2.30. The largest absolute Gasteiger partial charge is 0.507 e. The zero-order valence-corrected chi connectivity index (χ0v) is 19.7. The van der Waals surface area contributed by atoms with Gasteiger partial charge in [0, 0.05) is 23.5 Å². The highest BCUT2D eigenvalue weighted by Gasteiger charge is 2.48. The number of aromatic nitrogens is 1. The Morgan fingerprint density at radius 3 is 2.43 bits per heavy atom. The average Bonchev–Trinajstić information content (AvgIpc) is 3.11. The van der Waals surface area contributed by atoms with Gasteiger partial charge in [0.2, 0.25) is 0 Å². The van der Waals surface area contributed by atoms with Gasteiger partial charge < -0.3 is 9.84 Å². The van der Waals surface area contributed by atoms with E-state index in [9.17, 15) is 23.5 Å². The lowest BCUT2D eigenvalue weighted by atomic mass is 9.92. The van der Waals surface area contributed by atoms with Crippen molar-refractivity contribution < 1.29 is 28.2 Å². The van der Waals surface area contributed by atoms with E-state index in [2.05, 4.69) is 4.98 Å². The quantitative estimate of drug-likeness (QED) is 0.301. The fraction of sp³-hybridized carbons (Fsp3) is 0.222. The fourth-order valence-electron chi connectivity index (χ4n) is 4.28. The third kappa shape index (κ3) is 4.16. The number of halogens is 2. The molecule has 1 aliphatic rings. The van der Waals surface area contributed by atoms with Crippen LogP contribution in [0.15, 0.2) is 60.3 Å². The number of ether oxygens (including phenoxy) is 1. The number of anilines is 1. The van der Waals surface area contributed by atoms with Gasteiger partial charge in [-0.1, -0.05) is 19.9 Å². The van der Waals surface area contributed by atoms with Gasteiger partial charge in [-0.2, -0.15) is 0 Å². The molecule has 1 aromatic heterocycles. The molecule has 2 aromatic carbocycles. The van der Waals surface area contributed by atoms with Crippen molar-refractivity contribution in [3.05, 3.63) is 94.3 Å². The van der Waals surface area contributed by atoms with Crippen LogP contribution >= 0.6 is 0 Å². The lowest BCUT2D eigenvalue weighted by Gasteiger charge is -2.25. The van der Waals surface area contributed by atoms with Crippen LogP contribution in [0.4, 0.5) is 14.5 Å². The van der Waals surface area contributed by atoms with Crippen LogP contribution in [0, 0.1) is 18.6 Å². The van der Waals surface area contributed by atoms with Gasteiger partial charge in [-0.05, 0) is 60.4 Å². The highest BCUT2D eigenvalue weighted by atomic mass is 19.2. The number of hydrogen-bond donors (Lipinski definition) is 1. The molecule has 1 amide bonds. The normalized spacial score (nSPS) is 17.3. The maximum absolute atomic E-state index is 14.1. The van der Waals surface area contributed by atoms with E-state index in [4.69, 9.17) is 4.74 Å². The van der Waals surface area contributed by atoms with Crippen molar-refractivity contribution in [1.82, 2.24) is 4.98 Å². The Morgan fingerprint density at radius 1 is 1.09 bits per heavy atom. The van der Waals surface area contributed by atoms with Gasteiger partial charge in [0.05, 0.1) is 18.4 Å². The van der Waals surface area contributed by atoms with E-state index in [-0.39, 0.29) is 28.6 Å². The molecule has 0 bridgehead atoms. The van der Waals surface area contributed by atoms with Crippen LogP contribution in [0.25, 0.3) is 5.76 Å². The third-order valence-electron chi connectivity index (χ3n) is 6.05. The maximum Gasteiger partial charge on any atom is 0.300 e. The van der Waals surface area contributed by atoms with E-state index in [1.807, 2.05) is 13.8 Å². The molecule has 0 saturated carbocycles. The first kappa shape index (κ1) is 24.1.